The lowest BCUT2D eigenvalue weighted by Gasteiger charge is -2.26. The molecule has 1 saturated heterocycles. The molecule has 7 nitrogen and oxygen atoms in total. The molecule has 0 amide bonds. The number of ether oxygens (including phenoxy) is 1. The predicted molar refractivity (Wildman–Crippen MR) is 111 cm³/mol. The van der Waals surface area contributed by atoms with E-state index in [-0.39, 0.29) is 4.90 Å². The molecule has 0 radical (unpaired) electrons. The molecule has 1 aromatic heterocycles. The fourth-order valence-electron chi connectivity index (χ4n) is 2.78. The average Bonchev–Trinajstić information content (AvgIpc) is 3.10. The molecule has 1 aliphatic rings. The molecule has 1 aliphatic heterocycles. The van der Waals surface area contributed by atoms with E-state index in [1.807, 2.05) is 10.6 Å². The van der Waals surface area contributed by atoms with E-state index >= 15 is 0 Å². The quantitative estimate of drug-likeness (QED) is 0.464. The molecule has 2 heterocycles. The summed E-state index contributed by atoms with van der Waals surface area (Å²) in [7, 11) is -3.59. The van der Waals surface area contributed by atoms with E-state index in [1.165, 1.54) is 16.1 Å². The number of aromatic nitrogens is 3. The van der Waals surface area contributed by atoms with Crippen molar-refractivity contribution in [2.45, 2.75) is 16.6 Å². The van der Waals surface area contributed by atoms with Crippen molar-refractivity contribution in [2.75, 3.05) is 32.1 Å². The van der Waals surface area contributed by atoms with Gasteiger partial charge in [-0.25, -0.2) is 8.42 Å². The number of allylic oxidation sites excluding steroid dienone is 1. The molecular formula is C18H21ClN4O3S2. The summed E-state index contributed by atoms with van der Waals surface area (Å²) < 4.78 is 34.5. The SMILES string of the molecule is C=CCn1c(SCC(=C)Cl)nnc1-c1cccc(S(=O)(=O)N2CCOCC2)c1. The van der Waals surface area contributed by atoms with Crippen molar-refractivity contribution in [3.63, 3.8) is 0 Å². The van der Waals surface area contributed by atoms with Gasteiger partial charge in [0.2, 0.25) is 10.0 Å². The molecule has 1 fully saturated rings. The Hall–Kier alpha value is -1.65. The Morgan fingerprint density at radius 2 is 2.07 bits per heavy atom. The van der Waals surface area contributed by atoms with E-state index in [9.17, 15) is 8.42 Å². The summed E-state index contributed by atoms with van der Waals surface area (Å²) >= 11 is 7.27. The molecule has 0 saturated carbocycles. The second-order valence-electron chi connectivity index (χ2n) is 6.06. The van der Waals surface area contributed by atoms with E-state index in [1.54, 1.807) is 24.3 Å². The number of morpholine rings is 1. The molecule has 0 N–H and O–H groups in total. The van der Waals surface area contributed by atoms with Crippen LogP contribution in [0, 0.1) is 0 Å². The Kier molecular flexibility index (Phi) is 6.95. The summed E-state index contributed by atoms with van der Waals surface area (Å²) in [6.07, 6.45) is 1.74. The van der Waals surface area contributed by atoms with Gasteiger partial charge in [0.25, 0.3) is 0 Å². The van der Waals surface area contributed by atoms with Crippen LogP contribution in [0.25, 0.3) is 11.4 Å². The first kappa shape index (κ1) is 21.1. The maximum atomic E-state index is 12.9. The fraction of sp³-hybridized carbons (Fsp3) is 0.333. The number of benzene rings is 1. The first-order valence-electron chi connectivity index (χ1n) is 8.62. The van der Waals surface area contributed by atoms with Crippen molar-refractivity contribution in [3.8, 4) is 11.4 Å². The van der Waals surface area contributed by atoms with Gasteiger partial charge < -0.3 is 4.74 Å². The van der Waals surface area contributed by atoms with Crippen LogP contribution in [0.3, 0.4) is 0 Å². The summed E-state index contributed by atoms with van der Waals surface area (Å²) in [6.45, 7) is 9.45. The molecule has 150 valence electrons. The fourth-order valence-corrected chi connectivity index (χ4v) is 5.10. The minimum Gasteiger partial charge on any atom is -0.379 e. The van der Waals surface area contributed by atoms with Crippen molar-refractivity contribution in [3.05, 3.63) is 48.5 Å². The van der Waals surface area contributed by atoms with Crippen LogP contribution < -0.4 is 0 Å². The molecule has 3 rings (SSSR count). The van der Waals surface area contributed by atoms with Crippen LogP contribution >= 0.6 is 23.4 Å². The van der Waals surface area contributed by atoms with Crippen LogP contribution in [-0.2, 0) is 21.3 Å². The van der Waals surface area contributed by atoms with Crippen LogP contribution in [0.1, 0.15) is 0 Å². The maximum Gasteiger partial charge on any atom is 0.243 e. The molecule has 0 spiro atoms. The molecular weight excluding hydrogens is 420 g/mol. The second-order valence-corrected chi connectivity index (χ2v) is 9.47. The van der Waals surface area contributed by atoms with Crippen molar-refractivity contribution in [1.29, 1.82) is 0 Å². The molecule has 0 bridgehead atoms. The molecule has 10 heteroatoms. The summed E-state index contributed by atoms with van der Waals surface area (Å²) in [6, 6.07) is 6.75. The summed E-state index contributed by atoms with van der Waals surface area (Å²) in [5.74, 6) is 1.07. The van der Waals surface area contributed by atoms with Gasteiger partial charge in [-0.2, -0.15) is 4.31 Å². The van der Waals surface area contributed by atoms with E-state index in [0.29, 0.717) is 60.2 Å². The minimum absolute atomic E-state index is 0.225. The topological polar surface area (TPSA) is 77.3 Å². The smallest absolute Gasteiger partial charge is 0.243 e. The Balaban J connectivity index is 1.95. The van der Waals surface area contributed by atoms with Crippen molar-refractivity contribution >= 4 is 33.4 Å². The third-order valence-corrected chi connectivity index (χ3v) is 7.33. The Morgan fingerprint density at radius 1 is 1.32 bits per heavy atom. The van der Waals surface area contributed by atoms with Gasteiger partial charge in [0.1, 0.15) is 0 Å². The van der Waals surface area contributed by atoms with Crippen molar-refractivity contribution < 1.29 is 13.2 Å². The van der Waals surface area contributed by atoms with Gasteiger partial charge >= 0.3 is 0 Å². The molecule has 0 aliphatic carbocycles. The van der Waals surface area contributed by atoms with Gasteiger partial charge in [-0.3, -0.25) is 4.57 Å². The van der Waals surface area contributed by atoms with Crippen molar-refractivity contribution in [1.82, 2.24) is 19.1 Å². The van der Waals surface area contributed by atoms with E-state index < -0.39 is 10.0 Å². The van der Waals surface area contributed by atoms with Crippen LogP contribution in [0.15, 0.2) is 58.6 Å². The van der Waals surface area contributed by atoms with Crippen LogP contribution in [-0.4, -0.2) is 59.5 Å². The maximum absolute atomic E-state index is 12.9. The largest absolute Gasteiger partial charge is 0.379 e. The van der Waals surface area contributed by atoms with Gasteiger partial charge in [-0.15, -0.1) is 16.8 Å². The number of sulfonamides is 1. The van der Waals surface area contributed by atoms with Gasteiger partial charge in [0.05, 0.1) is 18.1 Å². The van der Waals surface area contributed by atoms with Crippen molar-refractivity contribution in [2.24, 2.45) is 0 Å². The van der Waals surface area contributed by atoms with E-state index in [2.05, 4.69) is 23.4 Å². The lowest BCUT2D eigenvalue weighted by molar-refractivity contribution is 0.0730. The lowest BCUT2D eigenvalue weighted by Crippen LogP contribution is -2.40. The number of nitrogens with zero attached hydrogens (tertiary/aromatic N) is 4. The van der Waals surface area contributed by atoms with Gasteiger partial charge in [-0.05, 0) is 12.1 Å². The molecule has 0 unspecified atom stereocenters. The number of hydrogen-bond donors (Lipinski definition) is 0. The highest BCUT2D eigenvalue weighted by atomic mass is 35.5. The van der Waals surface area contributed by atoms with E-state index in [4.69, 9.17) is 16.3 Å². The third-order valence-electron chi connectivity index (χ3n) is 4.09. The van der Waals surface area contributed by atoms with Gasteiger partial charge in [0, 0.05) is 36.0 Å². The number of thioether (sulfide) groups is 1. The zero-order valence-electron chi connectivity index (χ0n) is 15.3. The van der Waals surface area contributed by atoms with Crippen LogP contribution in [0.5, 0.6) is 0 Å². The number of halogens is 1. The Morgan fingerprint density at radius 3 is 2.75 bits per heavy atom. The molecule has 1 aromatic carbocycles. The monoisotopic (exact) mass is 440 g/mol. The second kappa shape index (κ2) is 9.23. The minimum atomic E-state index is -3.59. The summed E-state index contributed by atoms with van der Waals surface area (Å²) in [4.78, 5) is 0.225. The van der Waals surface area contributed by atoms with E-state index in [0.717, 1.165) is 0 Å². The first-order valence-corrected chi connectivity index (χ1v) is 11.4. The summed E-state index contributed by atoms with van der Waals surface area (Å²) in [5.41, 5.74) is 0.667. The third kappa shape index (κ3) is 4.66. The highest BCUT2D eigenvalue weighted by Gasteiger charge is 2.27. The molecule has 28 heavy (non-hydrogen) atoms. The van der Waals surface area contributed by atoms with Gasteiger partial charge in [0.15, 0.2) is 11.0 Å². The van der Waals surface area contributed by atoms with Crippen LogP contribution in [0.2, 0.25) is 0 Å². The normalized spacial score (nSPS) is 15.5. The standard InChI is InChI=1S/C18H21ClN4O3S2/c1-3-7-23-17(20-21-18(23)27-13-14(2)19)15-5-4-6-16(12-15)28(24,25)22-8-10-26-11-9-22/h3-6,12H,1-2,7-11,13H2. The first-order chi connectivity index (χ1) is 13.4. The molecule has 2 aromatic rings. The summed E-state index contributed by atoms with van der Waals surface area (Å²) in [5, 5.41) is 9.66. The molecule has 0 atom stereocenters. The predicted octanol–water partition coefficient (Wildman–Crippen LogP) is 3.00. The number of rotatable bonds is 8. The lowest BCUT2D eigenvalue weighted by atomic mass is 10.2. The van der Waals surface area contributed by atoms with Crippen LogP contribution in [0.4, 0.5) is 0 Å². The Bertz CT molecular complexity index is 969. The average molecular weight is 441 g/mol. The van der Waals surface area contributed by atoms with Gasteiger partial charge in [-0.1, -0.05) is 48.2 Å². The Labute approximate surface area is 174 Å². The number of hydrogen-bond acceptors (Lipinski definition) is 6. The zero-order valence-corrected chi connectivity index (χ0v) is 17.6. The highest BCUT2D eigenvalue weighted by molar-refractivity contribution is 7.99. The highest BCUT2D eigenvalue weighted by Crippen LogP contribution is 2.28. The zero-order chi connectivity index (χ0) is 20.1.